The van der Waals surface area contributed by atoms with Crippen molar-refractivity contribution in [1.29, 1.82) is 0 Å². The molecular weight excluding hydrogens is 462 g/mol. The summed E-state index contributed by atoms with van der Waals surface area (Å²) >= 11 is 0. The summed E-state index contributed by atoms with van der Waals surface area (Å²) in [7, 11) is 0. The molecule has 0 aliphatic carbocycles. The Morgan fingerprint density at radius 3 is 2.30 bits per heavy atom. The van der Waals surface area contributed by atoms with Gasteiger partial charge in [0.05, 0.1) is 23.8 Å². The lowest BCUT2D eigenvalue weighted by atomic mass is 9.99. The van der Waals surface area contributed by atoms with Crippen LogP contribution in [0.2, 0.25) is 0 Å². The minimum atomic E-state index is -0.416. The standard InChI is InChI=1S/C31H33N3O3/c1-20(2)23-14-16-24(17-15-23)21(3)32-29(35)25-12-10-22(11-13-25)19-34-27-8-5-4-7-26(27)30(36)33-18-6-9-28(33)31(34)37/h4-5,7-8,10-17,20-21,28H,6,9,18-19H2,1-3H3,(H,32,35)/t21-,28-/m1/s1. The van der Waals surface area contributed by atoms with Crippen LogP contribution in [0.15, 0.2) is 72.8 Å². The summed E-state index contributed by atoms with van der Waals surface area (Å²) < 4.78 is 0. The van der Waals surface area contributed by atoms with Crippen LogP contribution in [0.1, 0.15) is 83.0 Å². The molecule has 1 fully saturated rings. The Bertz CT molecular complexity index is 1310. The Balaban J connectivity index is 1.30. The van der Waals surface area contributed by atoms with Gasteiger partial charge in [0.1, 0.15) is 6.04 Å². The second-order valence-corrected chi connectivity index (χ2v) is 10.3. The molecule has 2 aliphatic rings. The number of nitrogens with zero attached hydrogens (tertiary/aromatic N) is 2. The number of amides is 3. The van der Waals surface area contributed by atoms with E-state index >= 15 is 0 Å². The second-order valence-electron chi connectivity index (χ2n) is 10.3. The average Bonchev–Trinajstić information content (AvgIpc) is 3.39. The highest BCUT2D eigenvalue weighted by Gasteiger charge is 2.41. The highest BCUT2D eigenvalue weighted by molar-refractivity contribution is 6.11. The van der Waals surface area contributed by atoms with Crippen molar-refractivity contribution in [2.24, 2.45) is 0 Å². The van der Waals surface area contributed by atoms with Crippen LogP contribution in [0.3, 0.4) is 0 Å². The first-order valence-corrected chi connectivity index (χ1v) is 13.0. The Hall–Kier alpha value is -3.93. The maximum atomic E-state index is 13.5. The number of hydrogen-bond donors (Lipinski definition) is 1. The first-order valence-electron chi connectivity index (χ1n) is 13.0. The van der Waals surface area contributed by atoms with Crippen LogP contribution in [0.4, 0.5) is 5.69 Å². The molecule has 3 aromatic carbocycles. The summed E-state index contributed by atoms with van der Waals surface area (Å²) in [6.45, 7) is 7.25. The van der Waals surface area contributed by atoms with Gasteiger partial charge in [-0.25, -0.2) is 0 Å². The van der Waals surface area contributed by atoms with E-state index < -0.39 is 6.04 Å². The van der Waals surface area contributed by atoms with Crippen LogP contribution in [0.25, 0.3) is 0 Å². The van der Waals surface area contributed by atoms with Gasteiger partial charge in [0, 0.05) is 12.1 Å². The largest absolute Gasteiger partial charge is 0.346 e. The van der Waals surface area contributed by atoms with Crippen molar-refractivity contribution >= 4 is 23.4 Å². The fraction of sp³-hybridized carbons (Fsp3) is 0.323. The van der Waals surface area contributed by atoms with Gasteiger partial charge in [-0.2, -0.15) is 0 Å². The summed E-state index contributed by atoms with van der Waals surface area (Å²) in [6.07, 6.45) is 1.52. The van der Waals surface area contributed by atoms with Gasteiger partial charge in [-0.05, 0) is 66.6 Å². The maximum absolute atomic E-state index is 13.5. The minimum absolute atomic E-state index is 0.0464. The molecule has 0 unspecified atom stereocenters. The molecule has 3 amide bonds. The summed E-state index contributed by atoms with van der Waals surface area (Å²) in [5.74, 6) is 0.201. The molecule has 2 atom stereocenters. The third-order valence-corrected chi connectivity index (χ3v) is 7.50. The van der Waals surface area contributed by atoms with E-state index in [1.807, 2.05) is 37.3 Å². The van der Waals surface area contributed by atoms with Gasteiger partial charge >= 0.3 is 0 Å². The van der Waals surface area contributed by atoms with E-state index in [9.17, 15) is 14.4 Å². The van der Waals surface area contributed by atoms with Crippen LogP contribution in [-0.2, 0) is 11.3 Å². The van der Waals surface area contributed by atoms with Gasteiger partial charge < -0.3 is 15.1 Å². The smallest absolute Gasteiger partial charge is 0.256 e. The molecule has 0 bridgehead atoms. The average molecular weight is 496 g/mol. The molecule has 0 radical (unpaired) electrons. The first kappa shape index (κ1) is 24.8. The molecule has 0 spiro atoms. The molecule has 37 heavy (non-hydrogen) atoms. The van der Waals surface area contributed by atoms with E-state index in [2.05, 4.69) is 43.4 Å². The van der Waals surface area contributed by atoms with Gasteiger partial charge in [-0.1, -0.05) is 62.4 Å². The van der Waals surface area contributed by atoms with E-state index in [-0.39, 0.29) is 23.8 Å². The molecule has 1 N–H and O–H groups in total. The topological polar surface area (TPSA) is 69.7 Å². The fourth-order valence-electron chi connectivity index (χ4n) is 5.25. The quantitative estimate of drug-likeness (QED) is 0.494. The summed E-state index contributed by atoms with van der Waals surface area (Å²) in [6, 6.07) is 22.5. The lowest BCUT2D eigenvalue weighted by Gasteiger charge is -2.26. The fourth-order valence-corrected chi connectivity index (χ4v) is 5.25. The van der Waals surface area contributed by atoms with Crippen molar-refractivity contribution in [2.75, 3.05) is 11.4 Å². The van der Waals surface area contributed by atoms with Gasteiger partial charge in [-0.3, -0.25) is 14.4 Å². The van der Waals surface area contributed by atoms with Crippen molar-refractivity contribution < 1.29 is 14.4 Å². The van der Waals surface area contributed by atoms with E-state index in [1.165, 1.54) is 5.56 Å². The molecule has 3 aromatic rings. The van der Waals surface area contributed by atoms with Gasteiger partial charge in [0.15, 0.2) is 0 Å². The number of hydrogen-bond acceptors (Lipinski definition) is 3. The second kappa shape index (κ2) is 10.2. The number of rotatable bonds is 6. The van der Waals surface area contributed by atoms with Crippen molar-refractivity contribution in [1.82, 2.24) is 10.2 Å². The number of anilines is 1. The predicted molar refractivity (Wildman–Crippen MR) is 145 cm³/mol. The van der Waals surface area contributed by atoms with E-state index in [4.69, 9.17) is 0 Å². The van der Waals surface area contributed by atoms with E-state index in [1.54, 1.807) is 28.0 Å². The third kappa shape index (κ3) is 4.88. The number of carbonyl (C=O) groups excluding carboxylic acids is 3. The van der Waals surface area contributed by atoms with E-state index in [0.717, 1.165) is 17.5 Å². The SMILES string of the molecule is CC(C)c1ccc([C@@H](C)NC(=O)c2ccc(CN3C(=O)[C@H]4CCCN4C(=O)c4ccccc43)cc2)cc1. The molecule has 2 aliphatic heterocycles. The minimum Gasteiger partial charge on any atom is -0.346 e. The molecular formula is C31H33N3O3. The third-order valence-electron chi connectivity index (χ3n) is 7.50. The molecule has 6 heteroatoms. The number of nitrogens with one attached hydrogen (secondary N) is 1. The summed E-state index contributed by atoms with van der Waals surface area (Å²) in [5, 5.41) is 3.07. The van der Waals surface area contributed by atoms with Gasteiger partial charge in [0.2, 0.25) is 5.91 Å². The molecule has 2 heterocycles. The normalized spacial score (nSPS) is 17.9. The lowest BCUT2D eigenvalue weighted by Crippen LogP contribution is -2.44. The Morgan fingerprint density at radius 2 is 1.59 bits per heavy atom. The molecule has 190 valence electrons. The summed E-state index contributed by atoms with van der Waals surface area (Å²) in [5.41, 5.74) is 5.00. The van der Waals surface area contributed by atoms with Crippen LogP contribution in [-0.4, -0.2) is 35.2 Å². The Morgan fingerprint density at radius 1 is 0.919 bits per heavy atom. The van der Waals surface area contributed by atoms with Crippen molar-refractivity contribution in [3.8, 4) is 0 Å². The number of fused-ring (bicyclic) bond motifs is 2. The van der Waals surface area contributed by atoms with Crippen molar-refractivity contribution in [3.05, 3.63) is 101 Å². The predicted octanol–water partition coefficient (Wildman–Crippen LogP) is 5.45. The molecule has 0 aromatic heterocycles. The number of para-hydroxylation sites is 1. The van der Waals surface area contributed by atoms with Gasteiger partial charge in [0.25, 0.3) is 11.8 Å². The molecule has 0 saturated carbocycles. The van der Waals surface area contributed by atoms with Crippen LogP contribution in [0.5, 0.6) is 0 Å². The summed E-state index contributed by atoms with van der Waals surface area (Å²) in [4.78, 5) is 43.0. The van der Waals surface area contributed by atoms with Crippen molar-refractivity contribution in [3.63, 3.8) is 0 Å². The van der Waals surface area contributed by atoms with Crippen LogP contribution >= 0.6 is 0 Å². The zero-order valence-corrected chi connectivity index (χ0v) is 21.6. The van der Waals surface area contributed by atoms with Crippen LogP contribution < -0.4 is 10.2 Å². The Kier molecular flexibility index (Phi) is 6.83. The first-order chi connectivity index (χ1) is 17.8. The van der Waals surface area contributed by atoms with Crippen LogP contribution in [0, 0.1) is 0 Å². The van der Waals surface area contributed by atoms with Crippen molar-refractivity contribution in [2.45, 2.75) is 58.2 Å². The highest BCUT2D eigenvalue weighted by Crippen LogP contribution is 2.33. The lowest BCUT2D eigenvalue weighted by molar-refractivity contribution is -0.122. The molecule has 1 saturated heterocycles. The zero-order valence-electron chi connectivity index (χ0n) is 21.6. The monoisotopic (exact) mass is 495 g/mol. The molecule has 5 rings (SSSR count). The number of benzene rings is 3. The number of carbonyl (C=O) groups is 3. The van der Waals surface area contributed by atoms with E-state index in [0.29, 0.717) is 42.2 Å². The maximum Gasteiger partial charge on any atom is 0.256 e. The Labute approximate surface area is 218 Å². The highest BCUT2D eigenvalue weighted by atomic mass is 16.2. The zero-order chi connectivity index (χ0) is 26.1. The molecule has 6 nitrogen and oxygen atoms in total. The van der Waals surface area contributed by atoms with Gasteiger partial charge in [-0.15, -0.1) is 0 Å².